The maximum Gasteiger partial charge on any atom is 0.417 e. The fourth-order valence-corrected chi connectivity index (χ4v) is 2.56. The Bertz CT molecular complexity index is 664. The quantitative estimate of drug-likeness (QED) is 0.474. The molecule has 116 valence electrons. The van der Waals surface area contributed by atoms with Crippen molar-refractivity contribution in [3.8, 4) is 12.3 Å². The molecule has 22 heavy (non-hydrogen) atoms. The van der Waals surface area contributed by atoms with Crippen LogP contribution in [0.3, 0.4) is 0 Å². The molecule has 1 aliphatic heterocycles. The standard InChI is InChI=1S/C15H12F3NO2S/c1-3-9-4-5-10(8-11(9)15(16,17)18)13(22)19-7-6-12(19)14(20)21-2/h1,4-5,8,12H,6-7H2,2H3. The van der Waals surface area contributed by atoms with Crippen LogP contribution in [0.25, 0.3) is 0 Å². The number of halogens is 3. The van der Waals surface area contributed by atoms with Gasteiger partial charge in [0, 0.05) is 17.7 Å². The molecular formula is C15H12F3NO2S. The Morgan fingerprint density at radius 3 is 2.64 bits per heavy atom. The molecule has 1 aromatic rings. The predicted molar refractivity (Wildman–Crippen MR) is 78.2 cm³/mol. The summed E-state index contributed by atoms with van der Waals surface area (Å²) in [7, 11) is 1.26. The third kappa shape index (κ3) is 2.92. The van der Waals surface area contributed by atoms with Crippen molar-refractivity contribution in [2.75, 3.05) is 13.7 Å². The molecule has 0 N–H and O–H groups in total. The second-order valence-electron chi connectivity index (χ2n) is 4.73. The van der Waals surface area contributed by atoms with Crippen LogP contribution >= 0.6 is 12.2 Å². The molecule has 0 aromatic heterocycles. The minimum absolute atomic E-state index is 0.177. The van der Waals surface area contributed by atoms with Crippen LogP contribution in [0.4, 0.5) is 13.2 Å². The van der Waals surface area contributed by atoms with Crippen molar-refractivity contribution in [1.29, 1.82) is 0 Å². The van der Waals surface area contributed by atoms with Crippen LogP contribution in [-0.2, 0) is 15.7 Å². The molecule has 1 aliphatic rings. The van der Waals surface area contributed by atoms with Gasteiger partial charge in [0.1, 0.15) is 11.0 Å². The van der Waals surface area contributed by atoms with E-state index in [1.807, 2.05) is 5.92 Å². The van der Waals surface area contributed by atoms with Crippen molar-refractivity contribution in [3.05, 3.63) is 34.9 Å². The first-order chi connectivity index (χ1) is 10.3. The SMILES string of the molecule is C#Cc1ccc(C(=S)N2CCC2C(=O)OC)cc1C(F)(F)F. The van der Waals surface area contributed by atoms with Crippen LogP contribution in [0.15, 0.2) is 18.2 Å². The number of carbonyl (C=O) groups excluding carboxylic acids is 1. The van der Waals surface area contributed by atoms with Crippen molar-refractivity contribution in [2.45, 2.75) is 18.6 Å². The molecule has 1 aromatic carbocycles. The van der Waals surface area contributed by atoms with Gasteiger partial charge in [-0.3, -0.25) is 0 Å². The summed E-state index contributed by atoms with van der Waals surface area (Å²) in [6, 6.07) is 3.01. The lowest BCUT2D eigenvalue weighted by Gasteiger charge is -2.40. The summed E-state index contributed by atoms with van der Waals surface area (Å²) in [5, 5.41) is 0. The first kappa shape index (κ1) is 16.3. The molecular weight excluding hydrogens is 315 g/mol. The average Bonchev–Trinajstić information content (AvgIpc) is 2.44. The third-order valence-electron chi connectivity index (χ3n) is 3.48. The smallest absolute Gasteiger partial charge is 0.417 e. The maximum absolute atomic E-state index is 13.0. The summed E-state index contributed by atoms with van der Waals surface area (Å²) in [6.45, 7) is 0.497. The summed E-state index contributed by atoms with van der Waals surface area (Å²) in [6.07, 6.45) is 1.09. The van der Waals surface area contributed by atoms with Crippen molar-refractivity contribution < 1.29 is 22.7 Å². The number of likely N-dealkylation sites (tertiary alicyclic amines) is 1. The molecule has 1 saturated heterocycles. The number of methoxy groups -OCH3 is 1. The van der Waals surface area contributed by atoms with Gasteiger partial charge >= 0.3 is 12.1 Å². The highest BCUT2D eigenvalue weighted by molar-refractivity contribution is 7.80. The Labute approximate surface area is 131 Å². The van der Waals surface area contributed by atoms with E-state index in [9.17, 15) is 18.0 Å². The predicted octanol–water partition coefficient (Wildman–Crippen LogP) is 2.61. The highest BCUT2D eigenvalue weighted by Crippen LogP contribution is 2.33. The lowest BCUT2D eigenvalue weighted by molar-refractivity contribution is -0.148. The second kappa shape index (κ2) is 5.97. The lowest BCUT2D eigenvalue weighted by atomic mass is 9.99. The fraction of sp³-hybridized carbons (Fsp3) is 0.333. The third-order valence-corrected chi connectivity index (χ3v) is 3.95. The van der Waals surface area contributed by atoms with Crippen molar-refractivity contribution in [2.24, 2.45) is 0 Å². The molecule has 0 radical (unpaired) electrons. The Balaban J connectivity index is 2.32. The number of ether oxygens (including phenoxy) is 1. The van der Waals surface area contributed by atoms with E-state index in [2.05, 4.69) is 4.74 Å². The van der Waals surface area contributed by atoms with Crippen LogP contribution in [0.1, 0.15) is 23.1 Å². The zero-order valence-corrected chi connectivity index (χ0v) is 12.4. The van der Waals surface area contributed by atoms with Gasteiger partial charge < -0.3 is 9.64 Å². The van der Waals surface area contributed by atoms with E-state index in [4.69, 9.17) is 18.6 Å². The normalized spacial score (nSPS) is 17.4. The van der Waals surface area contributed by atoms with Crippen LogP contribution < -0.4 is 0 Å². The van der Waals surface area contributed by atoms with E-state index in [-0.39, 0.29) is 16.1 Å². The minimum atomic E-state index is -4.57. The van der Waals surface area contributed by atoms with Crippen LogP contribution in [-0.4, -0.2) is 35.6 Å². The monoisotopic (exact) mass is 327 g/mol. The molecule has 1 atom stereocenters. The van der Waals surface area contributed by atoms with Crippen LogP contribution in [0, 0.1) is 12.3 Å². The lowest BCUT2D eigenvalue weighted by Crippen LogP contribution is -2.55. The molecule has 0 aliphatic carbocycles. The Kier molecular flexibility index (Phi) is 4.42. The molecule has 0 bridgehead atoms. The van der Waals surface area contributed by atoms with Gasteiger partial charge in [-0.2, -0.15) is 13.2 Å². The summed E-state index contributed by atoms with van der Waals surface area (Å²) < 4.78 is 43.7. The number of thiocarbonyl (C=S) groups is 1. The van der Waals surface area contributed by atoms with Crippen LogP contribution in [0.5, 0.6) is 0 Å². The Morgan fingerprint density at radius 2 is 2.18 bits per heavy atom. The highest BCUT2D eigenvalue weighted by atomic mass is 32.1. The van der Waals surface area contributed by atoms with Gasteiger partial charge in [-0.15, -0.1) is 6.42 Å². The number of terminal acetylenes is 1. The number of hydrogen-bond acceptors (Lipinski definition) is 3. The molecule has 2 rings (SSSR count). The zero-order valence-electron chi connectivity index (χ0n) is 11.6. The fourth-order valence-electron chi connectivity index (χ4n) is 2.22. The maximum atomic E-state index is 13.0. The van der Waals surface area contributed by atoms with Crippen molar-refractivity contribution >= 4 is 23.2 Å². The summed E-state index contributed by atoms with van der Waals surface area (Å²) in [5.41, 5.74) is -0.952. The van der Waals surface area contributed by atoms with Gasteiger partial charge in [0.2, 0.25) is 0 Å². The van der Waals surface area contributed by atoms with Gasteiger partial charge in [-0.25, -0.2) is 4.79 Å². The molecule has 0 saturated carbocycles. The van der Waals surface area contributed by atoms with Crippen LogP contribution in [0.2, 0.25) is 0 Å². The number of nitrogens with zero attached hydrogens (tertiary/aromatic N) is 1. The Morgan fingerprint density at radius 1 is 1.50 bits per heavy atom. The second-order valence-corrected chi connectivity index (χ2v) is 5.12. The molecule has 3 nitrogen and oxygen atoms in total. The van der Waals surface area contributed by atoms with E-state index < -0.39 is 23.8 Å². The average molecular weight is 327 g/mol. The molecule has 1 unspecified atom stereocenters. The van der Waals surface area contributed by atoms with Gasteiger partial charge in [-0.05, 0) is 18.6 Å². The van der Waals surface area contributed by atoms with Crippen molar-refractivity contribution in [3.63, 3.8) is 0 Å². The van der Waals surface area contributed by atoms with Crippen molar-refractivity contribution in [1.82, 2.24) is 4.90 Å². The number of benzene rings is 1. The van der Waals surface area contributed by atoms with Gasteiger partial charge in [0.05, 0.1) is 12.7 Å². The largest absolute Gasteiger partial charge is 0.467 e. The van der Waals surface area contributed by atoms with Gasteiger partial charge in [0.15, 0.2) is 0 Å². The van der Waals surface area contributed by atoms with Gasteiger partial charge in [-0.1, -0.05) is 24.2 Å². The number of alkyl halides is 3. The number of rotatable bonds is 2. The van der Waals surface area contributed by atoms with E-state index in [1.165, 1.54) is 19.2 Å². The number of hydrogen-bond donors (Lipinski definition) is 0. The summed E-state index contributed by atoms with van der Waals surface area (Å²) in [5.74, 6) is 1.56. The summed E-state index contributed by atoms with van der Waals surface area (Å²) >= 11 is 5.20. The molecule has 1 fully saturated rings. The molecule has 0 amide bonds. The minimum Gasteiger partial charge on any atom is -0.467 e. The highest BCUT2D eigenvalue weighted by Gasteiger charge is 2.38. The molecule has 0 spiro atoms. The molecule has 1 heterocycles. The van der Waals surface area contributed by atoms with E-state index in [0.717, 1.165) is 6.07 Å². The first-order valence-electron chi connectivity index (χ1n) is 6.36. The Hall–Kier alpha value is -2.07. The number of esters is 1. The zero-order chi connectivity index (χ0) is 16.5. The number of carbonyl (C=O) groups is 1. The topological polar surface area (TPSA) is 29.5 Å². The van der Waals surface area contributed by atoms with E-state index >= 15 is 0 Å². The van der Waals surface area contributed by atoms with E-state index in [0.29, 0.717) is 13.0 Å². The first-order valence-corrected chi connectivity index (χ1v) is 6.77. The molecule has 7 heteroatoms. The van der Waals surface area contributed by atoms with Gasteiger partial charge in [0.25, 0.3) is 0 Å². The summed E-state index contributed by atoms with van der Waals surface area (Å²) in [4.78, 5) is 13.3. The van der Waals surface area contributed by atoms with E-state index in [1.54, 1.807) is 4.90 Å².